The molecule has 0 saturated heterocycles. The molecule has 2 aromatic rings. The first-order chi connectivity index (χ1) is 6.54. The van der Waals surface area contributed by atoms with Crippen LogP contribution in [0.2, 0.25) is 0 Å². The van der Waals surface area contributed by atoms with Crippen LogP contribution in [0, 0.1) is 5.41 Å². The van der Waals surface area contributed by atoms with Crippen molar-refractivity contribution in [2.75, 3.05) is 0 Å². The van der Waals surface area contributed by atoms with Crippen LogP contribution in [0.3, 0.4) is 0 Å². The summed E-state index contributed by atoms with van der Waals surface area (Å²) >= 11 is 0. The molecule has 0 N–H and O–H groups in total. The van der Waals surface area contributed by atoms with E-state index in [4.69, 9.17) is 0 Å². The van der Waals surface area contributed by atoms with Gasteiger partial charge in [-0.1, -0.05) is 26.8 Å². The predicted octanol–water partition coefficient (Wildman–Crippen LogP) is 2.32. The van der Waals surface area contributed by atoms with E-state index in [1.54, 1.807) is 6.33 Å². The minimum absolute atomic E-state index is 0.314. The largest absolute Gasteiger partial charge is 0.221 e. The van der Waals surface area contributed by atoms with Crippen LogP contribution in [0.1, 0.15) is 26.3 Å². The lowest BCUT2D eigenvalue weighted by molar-refractivity contribution is 0.410. The molecule has 0 saturated carbocycles. The van der Waals surface area contributed by atoms with E-state index in [1.807, 2.05) is 16.8 Å². The Morgan fingerprint density at radius 2 is 2.07 bits per heavy atom. The van der Waals surface area contributed by atoms with Gasteiger partial charge in [-0.05, 0) is 23.5 Å². The molecule has 0 aliphatic rings. The maximum absolute atomic E-state index is 4.11. The average Bonchev–Trinajstić information content (AvgIpc) is 2.47. The molecule has 3 nitrogen and oxygen atoms in total. The highest BCUT2D eigenvalue weighted by atomic mass is 15.3. The molecule has 0 radical (unpaired) electrons. The third kappa shape index (κ3) is 1.92. The normalized spacial score (nSPS) is 12.2. The van der Waals surface area contributed by atoms with Gasteiger partial charge in [0.25, 0.3) is 0 Å². The van der Waals surface area contributed by atoms with Crippen LogP contribution in [0.4, 0.5) is 0 Å². The van der Waals surface area contributed by atoms with E-state index in [0.717, 1.165) is 12.1 Å². The molecule has 0 aliphatic heterocycles. The quantitative estimate of drug-likeness (QED) is 0.689. The molecule has 74 valence electrons. The first-order valence-electron chi connectivity index (χ1n) is 4.83. The van der Waals surface area contributed by atoms with E-state index >= 15 is 0 Å². The molecule has 0 aliphatic carbocycles. The van der Waals surface area contributed by atoms with Crippen LogP contribution in [0.15, 0.2) is 24.7 Å². The van der Waals surface area contributed by atoms with Crippen LogP contribution in [0.5, 0.6) is 0 Å². The summed E-state index contributed by atoms with van der Waals surface area (Å²) in [6.07, 6.45) is 4.69. The molecule has 0 bridgehead atoms. The number of pyridine rings is 1. The smallest absolute Gasteiger partial charge is 0.155 e. The molecule has 0 spiro atoms. The van der Waals surface area contributed by atoms with Crippen molar-refractivity contribution in [3.63, 3.8) is 0 Å². The molecule has 0 unspecified atom stereocenters. The van der Waals surface area contributed by atoms with Gasteiger partial charge < -0.3 is 0 Å². The lowest BCUT2D eigenvalue weighted by atomic mass is 9.89. The minimum Gasteiger partial charge on any atom is -0.221 e. The van der Waals surface area contributed by atoms with Crippen molar-refractivity contribution in [1.82, 2.24) is 14.6 Å². The zero-order chi connectivity index (χ0) is 10.2. The Balaban J connectivity index is 2.35. The van der Waals surface area contributed by atoms with E-state index in [1.165, 1.54) is 5.56 Å². The molecule has 14 heavy (non-hydrogen) atoms. The Labute approximate surface area is 83.8 Å². The second kappa shape index (κ2) is 3.08. The van der Waals surface area contributed by atoms with Crippen LogP contribution in [-0.4, -0.2) is 14.6 Å². The van der Waals surface area contributed by atoms with Gasteiger partial charge in [-0.3, -0.25) is 0 Å². The number of rotatable bonds is 1. The van der Waals surface area contributed by atoms with Crippen molar-refractivity contribution in [2.45, 2.75) is 27.2 Å². The highest BCUT2D eigenvalue weighted by Gasteiger charge is 2.11. The summed E-state index contributed by atoms with van der Waals surface area (Å²) in [5.41, 5.74) is 2.52. The third-order valence-electron chi connectivity index (χ3n) is 2.07. The summed E-state index contributed by atoms with van der Waals surface area (Å²) in [6.45, 7) is 6.70. The summed E-state index contributed by atoms with van der Waals surface area (Å²) in [7, 11) is 0. The van der Waals surface area contributed by atoms with Crippen LogP contribution in [0.25, 0.3) is 5.65 Å². The van der Waals surface area contributed by atoms with Crippen LogP contribution < -0.4 is 0 Å². The van der Waals surface area contributed by atoms with Crippen LogP contribution in [-0.2, 0) is 6.42 Å². The maximum atomic E-state index is 4.11. The average molecular weight is 189 g/mol. The summed E-state index contributed by atoms with van der Waals surface area (Å²) in [5, 5.41) is 4.11. The number of fused-ring (bicyclic) bond motifs is 1. The van der Waals surface area contributed by atoms with Crippen molar-refractivity contribution in [2.24, 2.45) is 5.41 Å². The first kappa shape index (κ1) is 9.19. The molecular formula is C11H15N3. The van der Waals surface area contributed by atoms with Crippen molar-refractivity contribution < 1.29 is 0 Å². The van der Waals surface area contributed by atoms with Crippen molar-refractivity contribution >= 4 is 5.65 Å². The number of hydrogen-bond donors (Lipinski definition) is 0. The van der Waals surface area contributed by atoms with E-state index in [9.17, 15) is 0 Å². The molecule has 2 aromatic heterocycles. The van der Waals surface area contributed by atoms with Gasteiger partial charge in [0.1, 0.15) is 6.33 Å². The zero-order valence-electron chi connectivity index (χ0n) is 8.86. The Hall–Kier alpha value is -1.38. The Morgan fingerprint density at radius 1 is 1.29 bits per heavy atom. The highest BCUT2D eigenvalue weighted by Crippen LogP contribution is 2.20. The molecule has 0 aromatic carbocycles. The van der Waals surface area contributed by atoms with E-state index in [0.29, 0.717) is 5.41 Å². The summed E-state index contributed by atoms with van der Waals surface area (Å²) in [5.74, 6) is 0. The van der Waals surface area contributed by atoms with E-state index in [2.05, 4.69) is 36.9 Å². The summed E-state index contributed by atoms with van der Waals surface area (Å²) < 4.78 is 1.82. The number of nitrogens with zero attached hydrogens (tertiary/aromatic N) is 3. The van der Waals surface area contributed by atoms with Crippen molar-refractivity contribution in [3.8, 4) is 0 Å². The van der Waals surface area contributed by atoms with Gasteiger partial charge in [0.2, 0.25) is 0 Å². The molecule has 0 atom stereocenters. The van der Waals surface area contributed by atoms with Gasteiger partial charge in [0.15, 0.2) is 5.65 Å². The highest BCUT2D eigenvalue weighted by molar-refractivity contribution is 5.37. The lowest BCUT2D eigenvalue weighted by Crippen LogP contribution is -2.09. The predicted molar refractivity (Wildman–Crippen MR) is 56.1 cm³/mol. The van der Waals surface area contributed by atoms with E-state index in [-0.39, 0.29) is 0 Å². The lowest BCUT2D eigenvalue weighted by Gasteiger charge is -2.17. The third-order valence-corrected chi connectivity index (χ3v) is 2.07. The standard InChI is InChI=1S/C11H15N3/c1-11(2,3)6-9-4-5-10-12-8-13-14(10)7-9/h4-5,7-8H,6H2,1-3H3. The molecule has 2 heterocycles. The number of aromatic nitrogens is 3. The topological polar surface area (TPSA) is 30.2 Å². The fourth-order valence-corrected chi connectivity index (χ4v) is 1.58. The Kier molecular flexibility index (Phi) is 2.02. The Bertz CT molecular complexity index is 437. The van der Waals surface area contributed by atoms with Gasteiger partial charge in [-0.15, -0.1) is 0 Å². The van der Waals surface area contributed by atoms with Crippen molar-refractivity contribution in [1.29, 1.82) is 0 Å². The minimum atomic E-state index is 0.314. The first-order valence-corrected chi connectivity index (χ1v) is 4.83. The van der Waals surface area contributed by atoms with E-state index < -0.39 is 0 Å². The van der Waals surface area contributed by atoms with Crippen LogP contribution >= 0.6 is 0 Å². The molecule has 0 fully saturated rings. The van der Waals surface area contributed by atoms with Gasteiger partial charge in [-0.25, -0.2) is 9.50 Å². The molecule has 2 rings (SSSR count). The van der Waals surface area contributed by atoms with Gasteiger partial charge in [0.05, 0.1) is 0 Å². The SMILES string of the molecule is CC(C)(C)Cc1ccc2ncnn2c1. The second-order valence-electron chi connectivity index (χ2n) is 4.84. The fourth-order valence-electron chi connectivity index (χ4n) is 1.58. The Morgan fingerprint density at radius 3 is 2.79 bits per heavy atom. The zero-order valence-corrected chi connectivity index (χ0v) is 8.86. The van der Waals surface area contributed by atoms with Gasteiger partial charge >= 0.3 is 0 Å². The maximum Gasteiger partial charge on any atom is 0.155 e. The number of hydrogen-bond acceptors (Lipinski definition) is 2. The summed E-state index contributed by atoms with van der Waals surface area (Å²) in [4.78, 5) is 4.11. The summed E-state index contributed by atoms with van der Waals surface area (Å²) in [6, 6.07) is 4.13. The van der Waals surface area contributed by atoms with Gasteiger partial charge in [-0.2, -0.15) is 5.10 Å². The molecule has 3 heteroatoms. The monoisotopic (exact) mass is 189 g/mol. The fraction of sp³-hybridized carbons (Fsp3) is 0.455. The van der Waals surface area contributed by atoms with Gasteiger partial charge in [0, 0.05) is 6.20 Å². The molecule has 0 amide bonds. The second-order valence-corrected chi connectivity index (χ2v) is 4.84. The van der Waals surface area contributed by atoms with Crippen molar-refractivity contribution in [3.05, 3.63) is 30.2 Å². The molecular weight excluding hydrogens is 174 g/mol.